The van der Waals surface area contributed by atoms with E-state index in [2.05, 4.69) is 11.8 Å². The van der Waals surface area contributed by atoms with Crippen LogP contribution in [0, 0.1) is 17.8 Å². The van der Waals surface area contributed by atoms with Gasteiger partial charge in [-0.2, -0.15) is 0 Å². The van der Waals surface area contributed by atoms with E-state index in [4.69, 9.17) is 11.5 Å². The van der Waals surface area contributed by atoms with Crippen molar-refractivity contribution in [2.75, 3.05) is 19.6 Å². The van der Waals surface area contributed by atoms with Crippen LogP contribution < -0.4 is 11.5 Å². The van der Waals surface area contributed by atoms with E-state index >= 15 is 0 Å². The summed E-state index contributed by atoms with van der Waals surface area (Å²) < 4.78 is 0. The summed E-state index contributed by atoms with van der Waals surface area (Å²) in [6, 6.07) is 0.577. The highest BCUT2D eigenvalue weighted by molar-refractivity contribution is 5.77. The first kappa shape index (κ1) is 12.8. The number of nitrogens with two attached hydrogens (primary N) is 2. The van der Waals surface area contributed by atoms with Crippen molar-refractivity contribution in [3.8, 4) is 0 Å². The summed E-state index contributed by atoms with van der Waals surface area (Å²) in [6.07, 6.45) is 4.69. The molecule has 0 aromatic rings. The van der Waals surface area contributed by atoms with Gasteiger partial charge in [-0.25, -0.2) is 0 Å². The van der Waals surface area contributed by atoms with Crippen molar-refractivity contribution in [3.05, 3.63) is 0 Å². The van der Waals surface area contributed by atoms with Gasteiger partial charge in [-0.1, -0.05) is 13.3 Å². The lowest BCUT2D eigenvalue weighted by atomic mass is 9.78. The molecule has 4 N–H and O–H groups in total. The smallest absolute Gasteiger partial charge is 0.221 e. The fourth-order valence-corrected chi connectivity index (χ4v) is 3.46. The van der Waals surface area contributed by atoms with Gasteiger partial charge in [0.15, 0.2) is 0 Å². The molecule has 0 bridgehead atoms. The molecule has 1 heterocycles. The summed E-state index contributed by atoms with van der Waals surface area (Å²) in [4.78, 5) is 13.7. The second-order valence-electron chi connectivity index (χ2n) is 5.86. The molecule has 0 aromatic carbocycles. The molecule has 0 radical (unpaired) electrons. The van der Waals surface area contributed by atoms with E-state index in [9.17, 15) is 4.79 Å². The molecule has 1 amide bonds. The van der Waals surface area contributed by atoms with Gasteiger partial charge < -0.3 is 11.5 Å². The molecule has 2 aliphatic rings. The van der Waals surface area contributed by atoms with Crippen LogP contribution in [-0.4, -0.2) is 36.5 Å². The van der Waals surface area contributed by atoms with E-state index in [1.54, 1.807) is 0 Å². The quantitative estimate of drug-likeness (QED) is 0.756. The van der Waals surface area contributed by atoms with Crippen LogP contribution in [0.15, 0.2) is 0 Å². The first-order valence-electron chi connectivity index (χ1n) is 6.85. The SMILES string of the molecule is CC1CCC(CN)C(N2CCC(C(N)=O)C2)C1. The standard InChI is InChI=1S/C13H25N3O/c1-9-2-3-10(7-14)12(6-9)16-5-4-11(8-16)13(15)17/h9-12H,2-8,14H2,1H3,(H2,15,17). The zero-order valence-electron chi connectivity index (χ0n) is 10.8. The highest BCUT2D eigenvalue weighted by Gasteiger charge is 2.37. The Morgan fingerprint density at radius 1 is 1.35 bits per heavy atom. The van der Waals surface area contributed by atoms with Crippen LogP contribution in [0.1, 0.15) is 32.6 Å². The second kappa shape index (κ2) is 5.36. The maximum Gasteiger partial charge on any atom is 0.221 e. The predicted octanol–water partition coefficient (Wildman–Crippen LogP) is 0.557. The van der Waals surface area contributed by atoms with Crippen molar-refractivity contribution >= 4 is 5.91 Å². The lowest BCUT2D eigenvalue weighted by Gasteiger charge is -2.40. The number of primary amides is 1. The van der Waals surface area contributed by atoms with Crippen LogP contribution in [0.5, 0.6) is 0 Å². The van der Waals surface area contributed by atoms with Crippen molar-refractivity contribution in [3.63, 3.8) is 0 Å². The highest BCUT2D eigenvalue weighted by Crippen LogP contribution is 2.34. The lowest BCUT2D eigenvalue weighted by Crippen LogP contribution is -2.46. The van der Waals surface area contributed by atoms with Gasteiger partial charge in [-0.3, -0.25) is 9.69 Å². The molecule has 1 saturated heterocycles. The Bertz CT molecular complexity index is 282. The summed E-state index contributed by atoms with van der Waals surface area (Å²) >= 11 is 0. The number of likely N-dealkylation sites (tertiary alicyclic amines) is 1. The number of amides is 1. The van der Waals surface area contributed by atoms with Gasteiger partial charge in [0.05, 0.1) is 5.92 Å². The molecule has 1 saturated carbocycles. The van der Waals surface area contributed by atoms with E-state index in [1.807, 2.05) is 0 Å². The van der Waals surface area contributed by atoms with E-state index in [0.717, 1.165) is 32.0 Å². The number of hydrogen-bond donors (Lipinski definition) is 2. The number of hydrogen-bond acceptors (Lipinski definition) is 3. The van der Waals surface area contributed by atoms with Gasteiger partial charge in [-0.05, 0) is 44.2 Å². The maximum absolute atomic E-state index is 11.2. The van der Waals surface area contributed by atoms with Crippen molar-refractivity contribution < 1.29 is 4.79 Å². The van der Waals surface area contributed by atoms with Gasteiger partial charge >= 0.3 is 0 Å². The second-order valence-corrected chi connectivity index (χ2v) is 5.86. The highest BCUT2D eigenvalue weighted by atomic mass is 16.1. The van der Waals surface area contributed by atoms with Crippen LogP contribution in [0.2, 0.25) is 0 Å². The van der Waals surface area contributed by atoms with Gasteiger partial charge in [-0.15, -0.1) is 0 Å². The van der Waals surface area contributed by atoms with Crippen LogP contribution in [0.25, 0.3) is 0 Å². The fraction of sp³-hybridized carbons (Fsp3) is 0.923. The summed E-state index contributed by atoms with van der Waals surface area (Å²) in [5.74, 6) is 1.32. The molecule has 0 spiro atoms. The minimum atomic E-state index is -0.138. The Hall–Kier alpha value is -0.610. The molecule has 4 atom stereocenters. The first-order valence-corrected chi connectivity index (χ1v) is 6.85. The molecule has 4 nitrogen and oxygen atoms in total. The summed E-state index contributed by atoms with van der Waals surface area (Å²) in [6.45, 7) is 4.96. The van der Waals surface area contributed by atoms with Gasteiger partial charge in [0.2, 0.25) is 5.91 Å². The molecule has 17 heavy (non-hydrogen) atoms. The predicted molar refractivity (Wildman–Crippen MR) is 68.2 cm³/mol. The summed E-state index contributed by atoms with van der Waals surface area (Å²) in [7, 11) is 0. The molecule has 2 rings (SSSR count). The van der Waals surface area contributed by atoms with E-state index in [-0.39, 0.29) is 11.8 Å². The average Bonchev–Trinajstić information content (AvgIpc) is 2.78. The maximum atomic E-state index is 11.2. The van der Waals surface area contributed by atoms with Crippen molar-refractivity contribution in [2.45, 2.75) is 38.6 Å². The van der Waals surface area contributed by atoms with Crippen molar-refractivity contribution in [1.29, 1.82) is 0 Å². The number of carbonyl (C=O) groups excluding carboxylic acids is 1. The fourth-order valence-electron chi connectivity index (χ4n) is 3.46. The first-order chi connectivity index (χ1) is 8.11. The normalized spacial score (nSPS) is 39.4. The van der Waals surface area contributed by atoms with Crippen molar-refractivity contribution in [2.24, 2.45) is 29.2 Å². The third-order valence-corrected chi connectivity index (χ3v) is 4.61. The molecule has 1 aliphatic carbocycles. The average molecular weight is 239 g/mol. The topological polar surface area (TPSA) is 72.3 Å². The molecule has 0 aromatic heterocycles. The minimum absolute atomic E-state index is 0.0608. The Morgan fingerprint density at radius 2 is 2.12 bits per heavy atom. The molecule has 98 valence electrons. The van der Waals surface area contributed by atoms with E-state index in [0.29, 0.717) is 12.0 Å². The number of carbonyl (C=O) groups is 1. The summed E-state index contributed by atoms with van der Waals surface area (Å²) in [5.41, 5.74) is 11.3. The Kier molecular flexibility index (Phi) is 4.05. The Balaban J connectivity index is 1.97. The van der Waals surface area contributed by atoms with Crippen molar-refractivity contribution in [1.82, 2.24) is 4.90 Å². The van der Waals surface area contributed by atoms with Gasteiger partial charge in [0.1, 0.15) is 0 Å². The number of rotatable bonds is 3. The van der Waals surface area contributed by atoms with Gasteiger partial charge in [0, 0.05) is 12.6 Å². The molecule has 2 fully saturated rings. The van der Waals surface area contributed by atoms with Crippen LogP contribution in [-0.2, 0) is 4.79 Å². The largest absolute Gasteiger partial charge is 0.369 e. The zero-order valence-corrected chi connectivity index (χ0v) is 10.8. The third-order valence-electron chi connectivity index (χ3n) is 4.61. The van der Waals surface area contributed by atoms with E-state index < -0.39 is 0 Å². The molecule has 1 aliphatic heterocycles. The third kappa shape index (κ3) is 2.80. The van der Waals surface area contributed by atoms with Gasteiger partial charge in [0.25, 0.3) is 0 Å². The van der Waals surface area contributed by atoms with Crippen LogP contribution in [0.3, 0.4) is 0 Å². The lowest BCUT2D eigenvalue weighted by molar-refractivity contribution is -0.121. The molecule has 4 heteroatoms. The molecule has 4 unspecified atom stereocenters. The monoisotopic (exact) mass is 239 g/mol. The Morgan fingerprint density at radius 3 is 2.71 bits per heavy atom. The van der Waals surface area contributed by atoms with Crippen LogP contribution >= 0.6 is 0 Å². The molecular formula is C13H25N3O. The Labute approximate surface area is 104 Å². The minimum Gasteiger partial charge on any atom is -0.369 e. The van der Waals surface area contributed by atoms with E-state index in [1.165, 1.54) is 19.3 Å². The zero-order chi connectivity index (χ0) is 12.4. The number of nitrogens with zero attached hydrogens (tertiary/aromatic N) is 1. The van der Waals surface area contributed by atoms with Crippen LogP contribution in [0.4, 0.5) is 0 Å². The summed E-state index contributed by atoms with van der Waals surface area (Å²) in [5, 5.41) is 0. The molecular weight excluding hydrogens is 214 g/mol.